The predicted molar refractivity (Wildman–Crippen MR) is 96.8 cm³/mol. The van der Waals surface area contributed by atoms with Crippen molar-refractivity contribution < 1.29 is 32.3 Å². The standard InChI is InChI=1S/C16H28O7P2/c1-8-21-25(20,23-24(17,18)19)22-14-10-9-12(15(2,3)4)11-13(14)16(5,6)7/h9-11H,8H2,1-7H3,(H2,17,18,19). The number of benzene rings is 1. The number of hydrogen-bond donors (Lipinski definition) is 2. The summed E-state index contributed by atoms with van der Waals surface area (Å²) in [6.07, 6.45) is 0. The van der Waals surface area contributed by atoms with Crippen LogP contribution >= 0.6 is 15.6 Å². The maximum absolute atomic E-state index is 12.6. The number of phosphoric acid groups is 2. The van der Waals surface area contributed by atoms with Gasteiger partial charge in [0.25, 0.3) is 0 Å². The molecule has 0 aliphatic carbocycles. The summed E-state index contributed by atoms with van der Waals surface area (Å²) in [5, 5.41) is 0. The summed E-state index contributed by atoms with van der Waals surface area (Å²) in [5.74, 6) is 0.200. The maximum atomic E-state index is 12.6. The average Bonchev–Trinajstić information content (AvgIpc) is 2.33. The van der Waals surface area contributed by atoms with Crippen molar-refractivity contribution in [2.45, 2.75) is 59.3 Å². The Hall–Kier alpha value is -0.680. The third-order valence-electron chi connectivity index (χ3n) is 3.36. The minimum Gasteiger partial charge on any atom is -0.403 e. The smallest absolute Gasteiger partial charge is 0.403 e. The Morgan fingerprint density at radius 1 is 1.00 bits per heavy atom. The Bertz CT molecular complexity index is 695. The highest BCUT2D eigenvalue weighted by molar-refractivity contribution is 7.61. The van der Waals surface area contributed by atoms with Gasteiger partial charge in [-0.15, -0.1) is 0 Å². The van der Waals surface area contributed by atoms with Gasteiger partial charge < -0.3 is 14.3 Å². The SMILES string of the molecule is CCOP(=O)(Oc1ccc(C(C)(C)C)cc1C(C)(C)C)OP(=O)(O)O. The van der Waals surface area contributed by atoms with Gasteiger partial charge in [-0.1, -0.05) is 53.7 Å². The van der Waals surface area contributed by atoms with Gasteiger partial charge in [0, 0.05) is 5.56 Å². The molecule has 0 aliphatic heterocycles. The summed E-state index contributed by atoms with van der Waals surface area (Å²) in [6, 6.07) is 5.37. The van der Waals surface area contributed by atoms with Crippen molar-refractivity contribution in [3.8, 4) is 5.75 Å². The van der Waals surface area contributed by atoms with E-state index in [-0.39, 0.29) is 23.2 Å². The largest absolute Gasteiger partial charge is 0.539 e. The van der Waals surface area contributed by atoms with Crippen LogP contribution in [0, 0.1) is 0 Å². The van der Waals surface area contributed by atoms with Crippen LogP contribution in [0.4, 0.5) is 0 Å². The van der Waals surface area contributed by atoms with E-state index in [2.05, 4.69) is 25.1 Å². The molecule has 144 valence electrons. The molecule has 2 N–H and O–H groups in total. The van der Waals surface area contributed by atoms with Gasteiger partial charge in [0.15, 0.2) is 0 Å². The molecule has 1 aromatic rings. The summed E-state index contributed by atoms with van der Waals surface area (Å²) in [6.45, 7) is 13.5. The van der Waals surface area contributed by atoms with Gasteiger partial charge in [0.05, 0.1) is 6.61 Å². The van der Waals surface area contributed by atoms with Gasteiger partial charge in [0.2, 0.25) is 0 Å². The van der Waals surface area contributed by atoms with Gasteiger partial charge in [0.1, 0.15) is 5.75 Å². The first-order valence-electron chi connectivity index (χ1n) is 7.93. The first kappa shape index (κ1) is 22.4. The van der Waals surface area contributed by atoms with Gasteiger partial charge >= 0.3 is 15.6 Å². The van der Waals surface area contributed by atoms with E-state index in [1.54, 1.807) is 6.07 Å². The Morgan fingerprint density at radius 3 is 1.96 bits per heavy atom. The fourth-order valence-corrected chi connectivity index (χ4v) is 4.27. The predicted octanol–water partition coefficient (Wildman–Crippen LogP) is 4.91. The summed E-state index contributed by atoms with van der Waals surface area (Å²) in [5.41, 5.74) is 1.31. The molecule has 1 unspecified atom stereocenters. The molecule has 0 amide bonds. The molecule has 1 atom stereocenters. The number of hydrogen-bond acceptors (Lipinski definition) is 5. The van der Waals surface area contributed by atoms with Crippen LogP contribution in [0.1, 0.15) is 59.6 Å². The summed E-state index contributed by atoms with van der Waals surface area (Å²) < 4.78 is 38.3. The Morgan fingerprint density at radius 2 is 1.56 bits per heavy atom. The zero-order valence-corrected chi connectivity index (χ0v) is 17.6. The van der Waals surface area contributed by atoms with E-state index in [4.69, 9.17) is 18.8 Å². The van der Waals surface area contributed by atoms with Crippen molar-refractivity contribution in [2.24, 2.45) is 0 Å². The first-order valence-corrected chi connectivity index (χ1v) is 10.9. The van der Waals surface area contributed by atoms with E-state index < -0.39 is 15.6 Å². The van der Waals surface area contributed by atoms with Crippen LogP contribution in [0.2, 0.25) is 0 Å². The van der Waals surface area contributed by atoms with E-state index in [1.165, 1.54) is 6.92 Å². The molecule has 1 aromatic carbocycles. The van der Waals surface area contributed by atoms with Crippen LogP contribution in [0.15, 0.2) is 18.2 Å². The lowest BCUT2D eigenvalue weighted by Gasteiger charge is -2.28. The third-order valence-corrected chi connectivity index (χ3v) is 6.00. The van der Waals surface area contributed by atoms with Crippen LogP contribution in [-0.4, -0.2) is 16.4 Å². The minimum absolute atomic E-state index is 0.0950. The molecular weight excluding hydrogens is 366 g/mol. The highest BCUT2D eigenvalue weighted by Gasteiger charge is 2.38. The fraction of sp³-hybridized carbons (Fsp3) is 0.625. The maximum Gasteiger partial charge on any atom is 0.539 e. The Balaban J connectivity index is 3.40. The normalized spacial score (nSPS) is 15.7. The van der Waals surface area contributed by atoms with Gasteiger partial charge in [-0.25, -0.2) is 9.13 Å². The van der Waals surface area contributed by atoms with Crippen molar-refractivity contribution in [1.82, 2.24) is 0 Å². The second-order valence-electron chi connectivity index (χ2n) is 7.74. The highest BCUT2D eigenvalue weighted by Crippen LogP contribution is 2.61. The zero-order valence-electron chi connectivity index (χ0n) is 15.8. The molecule has 0 aromatic heterocycles. The van der Waals surface area contributed by atoms with E-state index in [0.29, 0.717) is 0 Å². The molecule has 0 saturated heterocycles. The molecule has 7 nitrogen and oxygen atoms in total. The van der Waals surface area contributed by atoms with Crippen molar-refractivity contribution in [3.05, 3.63) is 29.3 Å². The van der Waals surface area contributed by atoms with Gasteiger partial charge in [-0.05, 0) is 29.4 Å². The summed E-state index contributed by atoms with van der Waals surface area (Å²) >= 11 is 0. The second-order valence-corrected chi connectivity index (χ2v) is 10.7. The molecule has 0 spiro atoms. The zero-order chi connectivity index (χ0) is 19.7. The van der Waals surface area contributed by atoms with Crippen LogP contribution in [0.25, 0.3) is 0 Å². The number of rotatable bonds is 6. The monoisotopic (exact) mass is 394 g/mol. The quantitative estimate of drug-likeness (QED) is 0.661. The minimum atomic E-state index is -5.06. The average molecular weight is 394 g/mol. The lowest BCUT2D eigenvalue weighted by molar-refractivity contribution is 0.189. The molecule has 0 fully saturated rings. The van der Waals surface area contributed by atoms with E-state index in [0.717, 1.165) is 11.1 Å². The molecule has 0 aliphatic rings. The highest BCUT2D eigenvalue weighted by atomic mass is 31.3. The van der Waals surface area contributed by atoms with E-state index in [1.807, 2.05) is 32.9 Å². The van der Waals surface area contributed by atoms with E-state index in [9.17, 15) is 9.13 Å². The molecule has 0 bridgehead atoms. The molecule has 9 heteroatoms. The Kier molecular flexibility index (Phi) is 6.72. The van der Waals surface area contributed by atoms with Crippen molar-refractivity contribution in [3.63, 3.8) is 0 Å². The molecule has 0 radical (unpaired) electrons. The van der Waals surface area contributed by atoms with Crippen LogP contribution in [0.5, 0.6) is 5.75 Å². The Labute approximate surface area is 149 Å². The molecule has 0 heterocycles. The summed E-state index contributed by atoms with van der Waals surface area (Å²) in [4.78, 5) is 18.0. The van der Waals surface area contributed by atoms with Crippen LogP contribution in [-0.2, 0) is 28.8 Å². The molecule has 1 rings (SSSR count). The van der Waals surface area contributed by atoms with Crippen LogP contribution < -0.4 is 4.52 Å². The van der Waals surface area contributed by atoms with Crippen molar-refractivity contribution in [2.75, 3.05) is 6.61 Å². The first-order chi connectivity index (χ1) is 11.1. The fourth-order valence-electron chi connectivity index (χ4n) is 2.14. The van der Waals surface area contributed by atoms with Crippen molar-refractivity contribution in [1.29, 1.82) is 0 Å². The topological polar surface area (TPSA) is 102 Å². The lowest BCUT2D eigenvalue weighted by Crippen LogP contribution is -2.17. The summed E-state index contributed by atoms with van der Waals surface area (Å²) in [7, 11) is -9.54. The van der Waals surface area contributed by atoms with Crippen LogP contribution in [0.3, 0.4) is 0 Å². The van der Waals surface area contributed by atoms with Gasteiger partial charge in [-0.3, -0.25) is 4.52 Å². The molecule has 25 heavy (non-hydrogen) atoms. The number of phosphoric ester groups is 1. The lowest BCUT2D eigenvalue weighted by atomic mass is 9.80. The van der Waals surface area contributed by atoms with E-state index >= 15 is 0 Å². The van der Waals surface area contributed by atoms with Crippen molar-refractivity contribution >= 4 is 15.6 Å². The molecular formula is C16H28O7P2. The molecule has 0 saturated carbocycles. The third kappa shape index (κ3) is 6.86. The second kappa shape index (κ2) is 7.51. The van der Waals surface area contributed by atoms with Gasteiger partial charge in [-0.2, -0.15) is 4.31 Å².